The average molecular weight is 310 g/mol. The summed E-state index contributed by atoms with van der Waals surface area (Å²) in [5, 5.41) is 4.28. The average Bonchev–Trinajstić information content (AvgIpc) is 2.63. The van der Waals surface area contributed by atoms with Crippen LogP contribution >= 0.6 is 11.3 Å². The minimum Gasteiger partial charge on any atom is -0.372 e. The van der Waals surface area contributed by atoms with Crippen LogP contribution in [0.15, 0.2) is 0 Å². The molecule has 0 saturated carbocycles. The van der Waals surface area contributed by atoms with E-state index < -0.39 is 12.8 Å². The number of ether oxygens (including phenoxy) is 1. The second-order valence-corrected chi connectivity index (χ2v) is 5.95. The number of thiazole rings is 1. The van der Waals surface area contributed by atoms with Crippen LogP contribution in [0.1, 0.15) is 28.9 Å². The third-order valence-corrected chi connectivity index (χ3v) is 3.96. The Kier molecular flexibility index (Phi) is 6.91. The molecule has 1 N–H and O–H groups in total. The standard InChI is InChI=1S/C13H21F3N2OS/c1-4-17-11(5-6-19-8-13(14,15)16)7-12-18-9(2)10(3)20-12/h11,17H,4-8H2,1-3H3. The topological polar surface area (TPSA) is 34.1 Å². The number of aromatic nitrogens is 1. The SMILES string of the molecule is CCNC(CCOCC(F)(F)F)Cc1nc(C)c(C)s1. The molecule has 3 nitrogen and oxygen atoms in total. The van der Waals surface area contributed by atoms with Gasteiger partial charge in [0.15, 0.2) is 0 Å². The molecule has 0 aliphatic heterocycles. The van der Waals surface area contributed by atoms with Crippen molar-refractivity contribution in [3.8, 4) is 0 Å². The molecule has 1 aromatic rings. The number of likely N-dealkylation sites (N-methyl/N-ethyl adjacent to an activating group) is 1. The van der Waals surface area contributed by atoms with Gasteiger partial charge in [0.2, 0.25) is 0 Å². The first-order chi connectivity index (χ1) is 9.31. The largest absolute Gasteiger partial charge is 0.411 e. The minimum atomic E-state index is -4.25. The van der Waals surface area contributed by atoms with Crippen LogP contribution in [0, 0.1) is 13.8 Å². The van der Waals surface area contributed by atoms with Crippen LogP contribution < -0.4 is 5.32 Å². The van der Waals surface area contributed by atoms with Gasteiger partial charge in [-0.25, -0.2) is 4.98 Å². The zero-order chi connectivity index (χ0) is 15.2. The minimum absolute atomic E-state index is 0.0955. The number of nitrogens with zero attached hydrogens (tertiary/aromatic N) is 1. The zero-order valence-corrected chi connectivity index (χ0v) is 12.8. The van der Waals surface area contributed by atoms with Gasteiger partial charge >= 0.3 is 6.18 Å². The Bertz CT molecular complexity index is 387. The molecule has 0 saturated heterocycles. The predicted octanol–water partition coefficient (Wildman–Crippen LogP) is 3.25. The van der Waals surface area contributed by atoms with Crippen LogP contribution in [0.25, 0.3) is 0 Å². The van der Waals surface area contributed by atoms with Gasteiger partial charge in [-0.1, -0.05) is 6.92 Å². The van der Waals surface area contributed by atoms with Crippen molar-refractivity contribution in [3.05, 3.63) is 15.6 Å². The van der Waals surface area contributed by atoms with Gasteiger partial charge in [0.05, 0.1) is 10.7 Å². The smallest absolute Gasteiger partial charge is 0.372 e. The van der Waals surface area contributed by atoms with Gasteiger partial charge in [-0.2, -0.15) is 13.2 Å². The fourth-order valence-corrected chi connectivity index (χ4v) is 2.83. The number of alkyl halides is 3. The first kappa shape index (κ1) is 17.4. The Morgan fingerprint density at radius 2 is 2.05 bits per heavy atom. The lowest BCUT2D eigenvalue weighted by atomic mass is 10.1. The van der Waals surface area contributed by atoms with E-state index >= 15 is 0 Å². The second-order valence-electron chi connectivity index (χ2n) is 4.66. The van der Waals surface area contributed by atoms with Crippen LogP contribution in [0.2, 0.25) is 0 Å². The molecule has 1 atom stereocenters. The summed E-state index contributed by atoms with van der Waals surface area (Å²) in [7, 11) is 0. The van der Waals surface area contributed by atoms with Crippen LogP contribution in [0.4, 0.5) is 13.2 Å². The predicted molar refractivity (Wildman–Crippen MR) is 74.2 cm³/mol. The van der Waals surface area contributed by atoms with Crippen LogP contribution in [0.5, 0.6) is 0 Å². The van der Waals surface area contributed by atoms with Crippen molar-refractivity contribution in [2.24, 2.45) is 0 Å². The maximum atomic E-state index is 12.0. The van der Waals surface area contributed by atoms with E-state index in [2.05, 4.69) is 15.0 Å². The van der Waals surface area contributed by atoms with Gasteiger partial charge in [-0.05, 0) is 26.8 Å². The van der Waals surface area contributed by atoms with E-state index in [1.165, 1.54) is 4.88 Å². The van der Waals surface area contributed by atoms with Crippen molar-refractivity contribution in [3.63, 3.8) is 0 Å². The Balaban J connectivity index is 2.40. The molecule has 1 aromatic heterocycles. The molecule has 1 heterocycles. The van der Waals surface area contributed by atoms with Gasteiger partial charge in [0.1, 0.15) is 6.61 Å². The van der Waals surface area contributed by atoms with E-state index in [-0.39, 0.29) is 12.6 Å². The van der Waals surface area contributed by atoms with Crippen LogP contribution in [-0.2, 0) is 11.2 Å². The van der Waals surface area contributed by atoms with Crippen molar-refractivity contribution in [1.82, 2.24) is 10.3 Å². The summed E-state index contributed by atoms with van der Waals surface area (Å²) in [6.07, 6.45) is -2.98. The van der Waals surface area contributed by atoms with E-state index in [0.29, 0.717) is 6.42 Å². The fourth-order valence-electron chi connectivity index (χ4n) is 1.82. The highest BCUT2D eigenvalue weighted by Crippen LogP contribution is 2.19. The summed E-state index contributed by atoms with van der Waals surface area (Å²) in [5.41, 5.74) is 1.02. The van der Waals surface area contributed by atoms with Gasteiger partial charge in [0.25, 0.3) is 0 Å². The lowest BCUT2D eigenvalue weighted by Gasteiger charge is -2.17. The lowest BCUT2D eigenvalue weighted by molar-refractivity contribution is -0.174. The van der Waals surface area contributed by atoms with Crippen molar-refractivity contribution >= 4 is 11.3 Å². The van der Waals surface area contributed by atoms with Gasteiger partial charge in [-0.3, -0.25) is 0 Å². The summed E-state index contributed by atoms with van der Waals surface area (Å²) < 4.78 is 40.6. The summed E-state index contributed by atoms with van der Waals surface area (Å²) in [4.78, 5) is 5.64. The van der Waals surface area contributed by atoms with E-state index in [1.54, 1.807) is 11.3 Å². The Labute approximate surface area is 121 Å². The molecule has 0 fully saturated rings. The summed E-state index contributed by atoms with van der Waals surface area (Å²) in [6, 6.07) is 0.0955. The molecule has 1 rings (SSSR count). The summed E-state index contributed by atoms with van der Waals surface area (Å²) in [5.74, 6) is 0. The van der Waals surface area contributed by atoms with Crippen molar-refractivity contribution in [2.75, 3.05) is 19.8 Å². The Morgan fingerprint density at radius 3 is 2.55 bits per heavy atom. The first-order valence-corrected chi connectivity index (χ1v) is 7.44. The molecule has 0 bridgehead atoms. The van der Waals surface area contributed by atoms with E-state index in [9.17, 15) is 13.2 Å². The maximum absolute atomic E-state index is 12.0. The molecule has 1 unspecified atom stereocenters. The molecule has 0 amide bonds. The van der Waals surface area contributed by atoms with Crippen LogP contribution in [0.3, 0.4) is 0 Å². The number of aryl methyl sites for hydroxylation is 2. The van der Waals surface area contributed by atoms with E-state index in [0.717, 1.165) is 23.7 Å². The zero-order valence-electron chi connectivity index (χ0n) is 12.0. The van der Waals surface area contributed by atoms with E-state index in [4.69, 9.17) is 0 Å². The molecular formula is C13H21F3N2OS. The number of nitrogens with one attached hydrogen (secondary N) is 1. The summed E-state index contributed by atoms with van der Waals surface area (Å²) >= 11 is 1.64. The monoisotopic (exact) mass is 310 g/mol. The van der Waals surface area contributed by atoms with Crippen LogP contribution in [-0.4, -0.2) is 37.0 Å². The quantitative estimate of drug-likeness (QED) is 0.749. The molecule has 0 spiro atoms. The first-order valence-electron chi connectivity index (χ1n) is 6.62. The van der Waals surface area contributed by atoms with Gasteiger partial charge < -0.3 is 10.1 Å². The van der Waals surface area contributed by atoms with E-state index in [1.807, 2.05) is 20.8 Å². The van der Waals surface area contributed by atoms with Crippen molar-refractivity contribution in [1.29, 1.82) is 0 Å². The summed E-state index contributed by atoms with van der Waals surface area (Å²) in [6.45, 7) is 5.65. The molecule has 116 valence electrons. The highest BCUT2D eigenvalue weighted by molar-refractivity contribution is 7.11. The molecule has 0 aliphatic carbocycles. The molecule has 20 heavy (non-hydrogen) atoms. The third-order valence-electron chi connectivity index (χ3n) is 2.86. The third kappa shape index (κ3) is 6.67. The molecule has 0 aromatic carbocycles. The fraction of sp³-hybridized carbons (Fsp3) is 0.769. The second kappa shape index (κ2) is 7.95. The normalized spacial score (nSPS) is 13.7. The molecular weight excluding hydrogens is 289 g/mol. The molecule has 7 heteroatoms. The number of halogens is 3. The van der Waals surface area contributed by atoms with Gasteiger partial charge in [-0.15, -0.1) is 11.3 Å². The van der Waals surface area contributed by atoms with Gasteiger partial charge in [0, 0.05) is 23.9 Å². The lowest BCUT2D eigenvalue weighted by Crippen LogP contribution is -2.32. The highest BCUT2D eigenvalue weighted by Gasteiger charge is 2.27. The van der Waals surface area contributed by atoms with Crippen molar-refractivity contribution in [2.45, 2.75) is 45.8 Å². The Hall–Kier alpha value is -0.660. The van der Waals surface area contributed by atoms with Crippen molar-refractivity contribution < 1.29 is 17.9 Å². The molecule has 0 aliphatic rings. The molecule has 0 radical (unpaired) electrons. The Morgan fingerprint density at radius 1 is 1.35 bits per heavy atom. The highest BCUT2D eigenvalue weighted by atomic mass is 32.1. The number of rotatable bonds is 8. The number of hydrogen-bond donors (Lipinski definition) is 1. The number of hydrogen-bond acceptors (Lipinski definition) is 4. The maximum Gasteiger partial charge on any atom is 0.411 e.